The summed E-state index contributed by atoms with van der Waals surface area (Å²) in [6.45, 7) is 2.72. The van der Waals surface area contributed by atoms with Gasteiger partial charge >= 0.3 is 5.97 Å². The summed E-state index contributed by atoms with van der Waals surface area (Å²) in [6.07, 6.45) is 1.68. The molecule has 4 aromatic rings. The molecule has 166 valence electrons. The maximum absolute atomic E-state index is 12.9. The molecule has 1 aromatic carbocycles. The van der Waals surface area contributed by atoms with E-state index in [4.69, 9.17) is 15.2 Å². The third kappa shape index (κ3) is 3.68. The molecule has 0 saturated carbocycles. The van der Waals surface area contributed by atoms with Gasteiger partial charge in [-0.3, -0.25) is 4.79 Å². The van der Waals surface area contributed by atoms with Crippen molar-refractivity contribution >= 4 is 39.9 Å². The minimum Gasteiger partial charge on any atom is -0.497 e. The maximum Gasteiger partial charge on any atom is 0.348 e. The van der Waals surface area contributed by atoms with Crippen LogP contribution in [0, 0.1) is 0 Å². The fourth-order valence-electron chi connectivity index (χ4n) is 3.71. The number of carbonyl (C=O) groups excluding carboxylic acids is 2. The van der Waals surface area contributed by atoms with Crippen LogP contribution in [0.2, 0.25) is 0 Å². The zero-order valence-electron chi connectivity index (χ0n) is 18.0. The number of benzene rings is 1. The van der Waals surface area contributed by atoms with Crippen LogP contribution in [0.4, 0.5) is 5.82 Å². The summed E-state index contributed by atoms with van der Waals surface area (Å²) in [4.78, 5) is 36.4. The van der Waals surface area contributed by atoms with Crippen molar-refractivity contribution in [3.8, 4) is 5.75 Å². The van der Waals surface area contributed by atoms with Crippen LogP contribution in [0.5, 0.6) is 5.75 Å². The van der Waals surface area contributed by atoms with E-state index in [1.807, 2.05) is 34.3 Å². The van der Waals surface area contributed by atoms with Crippen molar-refractivity contribution in [3.05, 3.63) is 42.0 Å². The molecule has 4 rings (SSSR count). The first-order chi connectivity index (χ1) is 15.5. The number of aromatic amines is 1. The Labute approximate surface area is 183 Å². The van der Waals surface area contributed by atoms with Crippen molar-refractivity contribution in [2.24, 2.45) is 0 Å². The molecule has 0 radical (unpaired) electrons. The zero-order chi connectivity index (χ0) is 22.8. The summed E-state index contributed by atoms with van der Waals surface area (Å²) in [5, 5.41) is 2.85. The van der Waals surface area contributed by atoms with Crippen LogP contribution >= 0.6 is 0 Å². The number of aryl methyl sites for hydroxylation is 1. The van der Waals surface area contributed by atoms with E-state index in [9.17, 15) is 9.59 Å². The molecule has 11 heteroatoms. The standard InChI is InChI=1S/C21H23N7O4/c1-4-27-15-9-12(31-2)5-6-14(15)28(11-17(29)32-3)16(27)10-24-21(30)18-19(22)26-20-13(25-18)7-8-23-20/h5-9H,4,10-11H2,1-3H3,(H3-,22,23,24,25,26,30)/p+1. The number of nitrogen functional groups attached to an aromatic ring is 1. The van der Waals surface area contributed by atoms with Crippen molar-refractivity contribution < 1.29 is 23.6 Å². The van der Waals surface area contributed by atoms with Gasteiger partial charge in [0.25, 0.3) is 11.7 Å². The molecule has 1 amide bonds. The summed E-state index contributed by atoms with van der Waals surface area (Å²) in [5.74, 6) is 0.563. The van der Waals surface area contributed by atoms with E-state index < -0.39 is 11.9 Å². The molecule has 0 aliphatic rings. The Kier molecular flexibility index (Phi) is 5.63. The normalized spacial score (nSPS) is 11.1. The van der Waals surface area contributed by atoms with Gasteiger partial charge in [-0.2, -0.15) is 0 Å². The molecule has 11 nitrogen and oxygen atoms in total. The second-order valence-electron chi connectivity index (χ2n) is 7.03. The fourth-order valence-corrected chi connectivity index (χ4v) is 3.71. The van der Waals surface area contributed by atoms with Crippen LogP contribution < -0.4 is 20.4 Å². The molecule has 32 heavy (non-hydrogen) atoms. The van der Waals surface area contributed by atoms with E-state index in [0.717, 1.165) is 11.0 Å². The summed E-state index contributed by atoms with van der Waals surface area (Å²) in [5.41, 5.74) is 8.71. The predicted molar refractivity (Wildman–Crippen MR) is 116 cm³/mol. The fraction of sp³-hybridized carbons (Fsp3) is 0.286. The monoisotopic (exact) mass is 438 g/mol. The molecule has 0 fully saturated rings. The number of ether oxygens (including phenoxy) is 2. The van der Waals surface area contributed by atoms with Gasteiger partial charge in [0.1, 0.15) is 17.8 Å². The molecule has 0 spiro atoms. The number of amides is 1. The second-order valence-corrected chi connectivity index (χ2v) is 7.03. The molecule has 0 bridgehead atoms. The van der Waals surface area contributed by atoms with Gasteiger partial charge in [0.15, 0.2) is 34.7 Å². The number of hydrogen-bond donors (Lipinski definition) is 3. The zero-order valence-corrected chi connectivity index (χ0v) is 18.0. The topological polar surface area (TPSA) is 141 Å². The lowest BCUT2D eigenvalue weighted by Crippen LogP contribution is -2.44. The summed E-state index contributed by atoms with van der Waals surface area (Å²) < 4.78 is 14.0. The SMILES string of the molecule is CCn1c(CNC(=O)c2nc3cc[nH]c3nc2N)[n+](CC(=O)OC)c2ccc(OC)cc21. The van der Waals surface area contributed by atoms with Gasteiger partial charge in [-0.15, -0.1) is 0 Å². The van der Waals surface area contributed by atoms with Crippen molar-refractivity contribution in [2.45, 2.75) is 26.6 Å². The van der Waals surface area contributed by atoms with E-state index in [2.05, 4.69) is 20.3 Å². The van der Waals surface area contributed by atoms with Gasteiger partial charge in [-0.05, 0) is 25.1 Å². The van der Waals surface area contributed by atoms with Gasteiger partial charge in [0.2, 0.25) is 0 Å². The third-order valence-electron chi connectivity index (χ3n) is 5.25. The molecule has 3 aromatic heterocycles. The molecular formula is C21H24N7O4+. The Balaban J connectivity index is 1.71. The minimum absolute atomic E-state index is 0.00517. The van der Waals surface area contributed by atoms with Gasteiger partial charge < -0.3 is 25.5 Å². The highest BCUT2D eigenvalue weighted by molar-refractivity contribution is 5.98. The predicted octanol–water partition coefficient (Wildman–Crippen LogP) is 0.914. The Bertz CT molecular complexity index is 1320. The van der Waals surface area contributed by atoms with Crippen LogP contribution in [0.1, 0.15) is 23.2 Å². The number of nitrogens with one attached hydrogen (secondary N) is 2. The lowest BCUT2D eigenvalue weighted by molar-refractivity contribution is -0.669. The van der Waals surface area contributed by atoms with Crippen molar-refractivity contribution in [1.29, 1.82) is 0 Å². The summed E-state index contributed by atoms with van der Waals surface area (Å²) in [6, 6.07) is 7.30. The Hall–Kier alpha value is -4.15. The van der Waals surface area contributed by atoms with E-state index in [0.29, 0.717) is 29.3 Å². The van der Waals surface area contributed by atoms with E-state index in [1.54, 1.807) is 19.4 Å². The van der Waals surface area contributed by atoms with Gasteiger partial charge in [-0.25, -0.2) is 23.9 Å². The van der Waals surface area contributed by atoms with Crippen molar-refractivity contribution in [3.63, 3.8) is 0 Å². The maximum atomic E-state index is 12.9. The molecule has 0 saturated heterocycles. The van der Waals surface area contributed by atoms with Crippen LogP contribution in [-0.2, 0) is 29.2 Å². The van der Waals surface area contributed by atoms with Crippen LogP contribution in [0.15, 0.2) is 30.5 Å². The first-order valence-electron chi connectivity index (χ1n) is 10.0. The highest BCUT2D eigenvalue weighted by atomic mass is 16.5. The number of esters is 1. The molecular weight excluding hydrogens is 414 g/mol. The second kappa shape index (κ2) is 8.53. The molecule has 0 atom stereocenters. The smallest absolute Gasteiger partial charge is 0.348 e. The average Bonchev–Trinajstić information content (AvgIpc) is 3.37. The van der Waals surface area contributed by atoms with E-state index >= 15 is 0 Å². The Morgan fingerprint density at radius 2 is 2.06 bits per heavy atom. The number of carbonyl (C=O) groups is 2. The highest BCUT2D eigenvalue weighted by Crippen LogP contribution is 2.21. The summed E-state index contributed by atoms with van der Waals surface area (Å²) >= 11 is 0. The number of nitrogens with zero attached hydrogens (tertiary/aromatic N) is 4. The van der Waals surface area contributed by atoms with Crippen molar-refractivity contribution in [2.75, 3.05) is 20.0 Å². The molecule has 0 unspecified atom stereocenters. The lowest BCUT2D eigenvalue weighted by Gasteiger charge is -2.07. The number of anilines is 1. The van der Waals surface area contributed by atoms with Crippen LogP contribution in [-0.4, -0.2) is 45.6 Å². The minimum atomic E-state index is -0.465. The molecule has 0 aliphatic heterocycles. The number of imidazole rings is 1. The Morgan fingerprint density at radius 1 is 1.25 bits per heavy atom. The number of hydrogen-bond acceptors (Lipinski definition) is 7. The van der Waals surface area contributed by atoms with Gasteiger partial charge in [-0.1, -0.05) is 0 Å². The number of H-pyrrole nitrogens is 1. The van der Waals surface area contributed by atoms with E-state index in [1.165, 1.54) is 7.11 Å². The number of methoxy groups -OCH3 is 2. The van der Waals surface area contributed by atoms with Crippen LogP contribution in [0.3, 0.4) is 0 Å². The van der Waals surface area contributed by atoms with Gasteiger partial charge in [0, 0.05) is 12.3 Å². The molecule has 0 aliphatic carbocycles. The average molecular weight is 438 g/mol. The number of rotatable bonds is 7. The van der Waals surface area contributed by atoms with Gasteiger partial charge in [0.05, 0.1) is 20.8 Å². The summed E-state index contributed by atoms with van der Waals surface area (Å²) in [7, 11) is 2.93. The number of nitrogens with two attached hydrogens (primary N) is 1. The third-order valence-corrected chi connectivity index (χ3v) is 5.25. The largest absolute Gasteiger partial charge is 0.497 e. The number of fused-ring (bicyclic) bond motifs is 2. The van der Waals surface area contributed by atoms with Crippen molar-refractivity contribution in [1.82, 2.24) is 24.8 Å². The quantitative estimate of drug-likeness (QED) is 0.288. The number of aromatic nitrogens is 5. The first kappa shape index (κ1) is 21.1. The van der Waals surface area contributed by atoms with E-state index in [-0.39, 0.29) is 24.6 Å². The first-order valence-corrected chi connectivity index (χ1v) is 10.0. The lowest BCUT2D eigenvalue weighted by atomic mass is 10.3. The highest BCUT2D eigenvalue weighted by Gasteiger charge is 2.27. The van der Waals surface area contributed by atoms with Crippen LogP contribution in [0.25, 0.3) is 22.2 Å². The Morgan fingerprint density at radius 3 is 2.78 bits per heavy atom. The molecule has 4 N–H and O–H groups in total. The molecule has 3 heterocycles.